The Balaban J connectivity index is 3.20. The number of nitrogens with zero attached hydrogens (tertiary/aromatic N) is 2. The lowest BCUT2D eigenvalue weighted by Crippen LogP contribution is -2.09. The van der Waals surface area contributed by atoms with Crippen LogP contribution in [0.4, 0.5) is 0 Å². The normalized spacial score (nSPS) is 9.44. The van der Waals surface area contributed by atoms with Gasteiger partial charge in [0.25, 0.3) is 0 Å². The fourth-order valence-electron chi connectivity index (χ4n) is 0.434. The fraction of sp³-hybridized carbons (Fsp3) is 0.333. The number of H-pyrrole nitrogens is 1. The maximum Gasteiger partial charge on any atom is 0.335 e. The summed E-state index contributed by atoms with van der Waals surface area (Å²) in [6.45, 7) is 0. The van der Waals surface area contributed by atoms with E-state index in [0.717, 1.165) is 4.68 Å². The molecular formula is C3H6N4OS. The van der Waals surface area contributed by atoms with Gasteiger partial charge in [0.15, 0.2) is 0 Å². The van der Waals surface area contributed by atoms with Gasteiger partial charge in [-0.25, -0.2) is 5.10 Å². The molecule has 0 atom stereocenters. The van der Waals surface area contributed by atoms with Gasteiger partial charge >= 0.3 is 6.01 Å². The number of nitrogens with two attached hydrogens (primary N) is 1. The van der Waals surface area contributed by atoms with E-state index in [2.05, 4.69) is 22.4 Å². The highest BCUT2D eigenvalue weighted by Crippen LogP contribution is 1.98. The van der Waals surface area contributed by atoms with Gasteiger partial charge in [0.1, 0.15) is 0 Å². The van der Waals surface area contributed by atoms with Crippen LogP contribution in [0.15, 0.2) is 0 Å². The summed E-state index contributed by atoms with van der Waals surface area (Å²) in [6, 6.07) is 0.278. The lowest BCUT2D eigenvalue weighted by molar-refractivity contribution is 0.368. The average molecular weight is 146 g/mol. The molecule has 0 radical (unpaired) electrons. The van der Waals surface area contributed by atoms with Crippen molar-refractivity contribution >= 4 is 12.2 Å². The number of hydrogen-bond acceptors (Lipinski definition) is 4. The Bertz CT molecular complexity index is 251. The third kappa shape index (κ3) is 0.879. The maximum atomic E-state index is 5.31. The molecule has 0 saturated heterocycles. The monoisotopic (exact) mass is 146 g/mol. The van der Waals surface area contributed by atoms with E-state index >= 15 is 0 Å². The number of rotatable bonds is 1. The summed E-state index contributed by atoms with van der Waals surface area (Å²) in [5, 5.41) is 6.09. The van der Waals surface area contributed by atoms with Crippen molar-refractivity contribution in [3.8, 4) is 6.01 Å². The first kappa shape index (κ1) is 6.09. The molecule has 6 heteroatoms. The van der Waals surface area contributed by atoms with Crippen molar-refractivity contribution in [2.45, 2.75) is 0 Å². The number of nitrogens with one attached hydrogen (secondary N) is 1. The third-order valence-corrected chi connectivity index (χ3v) is 1.14. The molecule has 1 aromatic rings. The summed E-state index contributed by atoms with van der Waals surface area (Å²) in [5.74, 6) is 5.31. The Kier molecular flexibility index (Phi) is 1.39. The molecule has 0 aliphatic heterocycles. The van der Waals surface area contributed by atoms with Gasteiger partial charge in [-0.3, -0.25) is 0 Å². The first-order valence-electron chi connectivity index (χ1n) is 2.22. The smallest absolute Gasteiger partial charge is 0.335 e. The molecule has 1 rings (SSSR count). The van der Waals surface area contributed by atoms with Crippen LogP contribution in [0.1, 0.15) is 0 Å². The van der Waals surface area contributed by atoms with E-state index in [-0.39, 0.29) is 6.01 Å². The van der Waals surface area contributed by atoms with Crippen LogP contribution in [0.3, 0.4) is 0 Å². The van der Waals surface area contributed by atoms with E-state index < -0.39 is 0 Å². The van der Waals surface area contributed by atoms with Crippen LogP contribution in [-0.4, -0.2) is 22.0 Å². The van der Waals surface area contributed by atoms with Crippen molar-refractivity contribution in [3.63, 3.8) is 0 Å². The number of methoxy groups -OCH3 is 1. The van der Waals surface area contributed by atoms with Gasteiger partial charge < -0.3 is 10.6 Å². The molecule has 1 heterocycles. The Morgan fingerprint density at radius 2 is 2.56 bits per heavy atom. The zero-order valence-electron chi connectivity index (χ0n) is 4.79. The van der Waals surface area contributed by atoms with E-state index in [0.29, 0.717) is 4.77 Å². The van der Waals surface area contributed by atoms with Crippen LogP contribution < -0.4 is 10.6 Å². The SMILES string of the molecule is COc1n[nH]c(=S)n1N. The highest BCUT2D eigenvalue weighted by atomic mass is 32.1. The molecule has 1 aromatic heterocycles. The molecule has 50 valence electrons. The highest BCUT2D eigenvalue weighted by molar-refractivity contribution is 7.71. The van der Waals surface area contributed by atoms with E-state index in [1.165, 1.54) is 7.11 Å². The molecule has 0 bridgehead atoms. The predicted molar refractivity (Wildman–Crippen MR) is 34.1 cm³/mol. The second-order valence-electron chi connectivity index (χ2n) is 1.39. The third-order valence-electron chi connectivity index (χ3n) is 0.855. The summed E-state index contributed by atoms with van der Waals surface area (Å²) >= 11 is 4.68. The largest absolute Gasteiger partial charge is 0.466 e. The fourth-order valence-corrected chi connectivity index (χ4v) is 0.558. The molecule has 9 heavy (non-hydrogen) atoms. The van der Waals surface area contributed by atoms with Crippen LogP contribution in [0.5, 0.6) is 6.01 Å². The van der Waals surface area contributed by atoms with Crippen LogP contribution in [-0.2, 0) is 0 Å². The van der Waals surface area contributed by atoms with E-state index in [9.17, 15) is 0 Å². The van der Waals surface area contributed by atoms with Crippen LogP contribution in [0.25, 0.3) is 0 Å². The molecule has 0 aliphatic rings. The van der Waals surface area contributed by atoms with Crippen LogP contribution >= 0.6 is 12.2 Å². The molecule has 3 N–H and O–H groups in total. The van der Waals surface area contributed by atoms with Gasteiger partial charge in [-0.05, 0) is 12.2 Å². The Morgan fingerprint density at radius 3 is 2.78 bits per heavy atom. The van der Waals surface area contributed by atoms with Crippen molar-refractivity contribution in [3.05, 3.63) is 4.77 Å². The van der Waals surface area contributed by atoms with Gasteiger partial charge in [0.2, 0.25) is 4.77 Å². The molecular weight excluding hydrogens is 140 g/mol. The van der Waals surface area contributed by atoms with Gasteiger partial charge in [0, 0.05) is 0 Å². The van der Waals surface area contributed by atoms with Gasteiger partial charge in [-0.2, -0.15) is 4.68 Å². The van der Waals surface area contributed by atoms with Crippen LogP contribution in [0.2, 0.25) is 0 Å². The molecule has 5 nitrogen and oxygen atoms in total. The van der Waals surface area contributed by atoms with Gasteiger partial charge in [-0.15, -0.1) is 5.10 Å². The summed E-state index contributed by atoms with van der Waals surface area (Å²) in [6.07, 6.45) is 0. The number of hydrogen-bond donors (Lipinski definition) is 2. The average Bonchev–Trinajstić information content (AvgIpc) is 2.15. The summed E-state index contributed by atoms with van der Waals surface area (Å²) in [4.78, 5) is 0. The minimum absolute atomic E-state index is 0.278. The molecule has 0 unspecified atom stereocenters. The minimum Gasteiger partial charge on any atom is -0.466 e. The molecule has 0 aliphatic carbocycles. The molecule has 0 aromatic carbocycles. The van der Waals surface area contributed by atoms with Gasteiger partial charge in [-0.1, -0.05) is 0 Å². The predicted octanol–water partition coefficient (Wildman–Crippen LogP) is -0.337. The number of ether oxygens (including phenoxy) is 1. The zero-order chi connectivity index (χ0) is 6.85. The van der Waals surface area contributed by atoms with E-state index in [1.807, 2.05) is 0 Å². The first-order valence-corrected chi connectivity index (χ1v) is 2.63. The second-order valence-corrected chi connectivity index (χ2v) is 1.77. The van der Waals surface area contributed by atoms with E-state index in [1.54, 1.807) is 0 Å². The Labute approximate surface area is 56.4 Å². The highest BCUT2D eigenvalue weighted by Gasteiger charge is 1.98. The quantitative estimate of drug-likeness (QED) is 0.420. The molecule has 0 fully saturated rings. The molecule has 0 spiro atoms. The summed E-state index contributed by atoms with van der Waals surface area (Å²) < 4.78 is 6.18. The summed E-state index contributed by atoms with van der Waals surface area (Å²) in [7, 11) is 1.47. The summed E-state index contributed by atoms with van der Waals surface area (Å²) in [5.41, 5.74) is 0. The van der Waals surface area contributed by atoms with Gasteiger partial charge in [0.05, 0.1) is 7.11 Å². The Hall–Kier alpha value is -1.04. The second kappa shape index (κ2) is 2.06. The van der Waals surface area contributed by atoms with Crippen molar-refractivity contribution in [2.75, 3.05) is 13.0 Å². The van der Waals surface area contributed by atoms with Crippen molar-refractivity contribution < 1.29 is 4.74 Å². The van der Waals surface area contributed by atoms with Crippen LogP contribution in [0, 0.1) is 4.77 Å². The lowest BCUT2D eigenvalue weighted by Gasteiger charge is -1.93. The van der Waals surface area contributed by atoms with Crippen molar-refractivity contribution in [1.29, 1.82) is 0 Å². The lowest BCUT2D eigenvalue weighted by atomic mass is 11.1. The maximum absolute atomic E-state index is 5.31. The Morgan fingerprint density at radius 1 is 1.89 bits per heavy atom. The number of nitrogen functional groups attached to an aromatic ring is 1. The topological polar surface area (TPSA) is 68.9 Å². The standard InChI is InChI=1S/C3H6N4OS/c1-8-2-5-6-3(9)7(2)4/h4H2,1H3,(H,6,9). The van der Waals surface area contributed by atoms with Crippen molar-refractivity contribution in [2.24, 2.45) is 0 Å². The molecule has 0 amide bonds. The molecule has 0 saturated carbocycles. The zero-order valence-corrected chi connectivity index (χ0v) is 5.60. The van der Waals surface area contributed by atoms with E-state index in [4.69, 9.17) is 10.6 Å². The number of aromatic nitrogens is 3. The first-order chi connectivity index (χ1) is 4.25. The number of aromatic amines is 1. The van der Waals surface area contributed by atoms with Crippen molar-refractivity contribution in [1.82, 2.24) is 14.9 Å². The minimum atomic E-state index is 0.278.